The maximum Gasteiger partial charge on any atom is 0.254 e. The molecule has 5 nitrogen and oxygen atoms in total. The van der Waals surface area contributed by atoms with Crippen molar-refractivity contribution in [2.75, 3.05) is 13.7 Å². The van der Waals surface area contributed by atoms with Gasteiger partial charge in [0.1, 0.15) is 5.75 Å². The topological polar surface area (TPSA) is 65.6 Å². The molecule has 2 atom stereocenters. The second-order valence-corrected chi connectivity index (χ2v) is 7.86. The number of rotatable bonds is 2. The zero-order valence-corrected chi connectivity index (χ0v) is 16.6. The van der Waals surface area contributed by atoms with E-state index in [1.807, 2.05) is 35.2 Å². The van der Waals surface area contributed by atoms with Crippen LogP contribution in [0.2, 0.25) is 0 Å². The second-order valence-electron chi connectivity index (χ2n) is 7.86. The molecule has 3 aromatic rings. The zero-order valence-electron chi connectivity index (χ0n) is 16.6. The molecule has 0 unspecified atom stereocenters. The molecule has 5 heteroatoms. The molecule has 2 aromatic carbocycles. The number of aromatic nitrogens is 1. The molecular formula is C24H24N2O3. The van der Waals surface area contributed by atoms with Gasteiger partial charge in [0, 0.05) is 34.6 Å². The molecule has 148 valence electrons. The van der Waals surface area contributed by atoms with Crippen molar-refractivity contribution in [1.82, 2.24) is 9.88 Å². The number of aromatic amines is 1. The molecule has 5 rings (SSSR count). The smallest absolute Gasteiger partial charge is 0.254 e. The minimum Gasteiger partial charge on any atom is -0.512 e. The fourth-order valence-corrected chi connectivity index (χ4v) is 5.10. The Morgan fingerprint density at radius 3 is 2.72 bits per heavy atom. The highest BCUT2D eigenvalue weighted by atomic mass is 16.5. The molecule has 0 radical (unpaired) electrons. The molecule has 0 saturated carbocycles. The van der Waals surface area contributed by atoms with Gasteiger partial charge in [-0.05, 0) is 37.5 Å². The number of nitrogens with zero attached hydrogens (tertiary/aromatic N) is 1. The Bertz CT molecular complexity index is 1140. The van der Waals surface area contributed by atoms with Crippen molar-refractivity contribution in [3.63, 3.8) is 0 Å². The lowest BCUT2D eigenvalue weighted by Crippen LogP contribution is -2.46. The summed E-state index contributed by atoms with van der Waals surface area (Å²) in [6, 6.07) is 16.0. The van der Waals surface area contributed by atoms with Gasteiger partial charge < -0.3 is 19.7 Å². The van der Waals surface area contributed by atoms with Crippen LogP contribution in [0.4, 0.5) is 0 Å². The third kappa shape index (κ3) is 2.64. The van der Waals surface area contributed by atoms with E-state index in [1.165, 1.54) is 10.9 Å². The summed E-state index contributed by atoms with van der Waals surface area (Å²) in [5.74, 6) is 0.528. The fourth-order valence-electron chi connectivity index (χ4n) is 5.10. The van der Waals surface area contributed by atoms with Crippen LogP contribution >= 0.6 is 0 Å². The Morgan fingerprint density at radius 2 is 1.93 bits per heavy atom. The van der Waals surface area contributed by atoms with Gasteiger partial charge in [0.25, 0.3) is 5.91 Å². The molecule has 3 heterocycles. The number of nitrogens with one attached hydrogen (secondary N) is 1. The highest BCUT2D eigenvalue weighted by Gasteiger charge is 2.44. The van der Waals surface area contributed by atoms with Crippen LogP contribution in [0.25, 0.3) is 10.9 Å². The van der Waals surface area contributed by atoms with Gasteiger partial charge in [-0.25, -0.2) is 0 Å². The van der Waals surface area contributed by atoms with Crippen molar-refractivity contribution in [2.45, 2.75) is 31.7 Å². The van der Waals surface area contributed by atoms with E-state index in [1.54, 1.807) is 14.0 Å². The van der Waals surface area contributed by atoms with Crippen LogP contribution in [0.15, 0.2) is 59.9 Å². The third-order valence-corrected chi connectivity index (χ3v) is 6.36. The van der Waals surface area contributed by atoms with Gasteiger partial charge in [0.2, 0.25) is 0 Å². The Kier molecular flexibility index (Phi) is 4.12. The number of hydrogen-bond acceptors (Lipinski definition) is 3. The SMILES string of the molecule is COc1ccccc1[C@@H]1C[C@H]2c3[nH]c4ccccc4c3CCN2C(=O)/C1=C(/C)O. The minimum absolute atomic E-state index is 0.0448. The summed E-state index contributed by atoms with van der Waals surface area (Å²) in [7, 11) is 1.64. The monoisotopic (exact) mass is 388 g/mol. The number of para-hydroxylation sites is 2. The Morgan fingerprint density at radius 1 is 1.17 bits per heavy atom. The molecule has 2 aliphatic rings. The van der Waals surface area contributed by atoms with E-state index in [2.05, 4.69) is 23.2 Å². The van der Waals surface area contributed by atoms with Gasteiger partial charge in [0.05, 0.1) is 24.5 Å². The average Bonchev–Trinajstić information content (AvgIpc) is 3.12. The largest absolute Gasteiger partial charge is 0.512 e. The fraction of sp³-hybridized carbons (Fsp3) is 0.292. The van der Waals surface area contributed by atoms with E-state index in [0.717, 1.165) is 28.9 Å². The number of aliphatic hydroxyl groups excluding tert-OH is 1. The highest BCUT2D eigenvalue weighted by molar-refractivity contribution is 5.97. The lowest BCUT2D eigenvalue weighted by molar-refractivity contribution is -0.133. The summed E-state index contributed by atoms with van der Waals surface area (Å²) in [5, 5.41) is 11.7. The number of benzene rings is 2. The molecule has 1 saturated heterocycles. The van der Waals surface area contributed by atoms with E-state index >= 15 is 0 Å². The number of methoxy groups -OCH3 is 1. The van der Waals surface area contributed by atoms with Crippen LogP contribution in [-0.4, -0.2) is 34.6 Å². The first kappa shape index (κ1) is 17.9. The number of amides is 1. The van der Waals surface area contributed by atoms with Crippen LogP contribution in [0.3, 0.4) is 0 Å². The number of fused-ring (bicyclic) bond motifs is 5. The van der Waals surface area contributed by atoms with Crippen molar-refractivity contribution < 1.29 is 14.6 Å². The molecule has 29 heavy (non-hydrogen) atoms. The Hall–Kier alpha value is -3.21. The summed E-state index contributed by atoms with van der Waals surface area (Å²) in [6.07, 6.45) is 1.53. The number of piperidine rings is 1. The van der Waals surface area contributed by atoms with Gasteiger partial charge in [-0.1, -0.05) is 36.4 Å². The molecule has 2 aliphatic heterocycles. The minimum atomic E-state index is -0.220. The molecule has 0 bridgehead atoms. The van der Waals surface area contributed by atoms with Gasteiger partial charge in [0.15, 0.2) is 0 Å². The first-order chi connectivity index (χ1) is 14.1. The molecule has 2 N–H and O–H groups in total. The van der Waals surface area contributed by atoms with Crippen molar-refractivity contribution >= 4 is 16.8 Å². The van der Waals surface area contributed by atoms with E-state index in [9.17, 15) is 9.90 Å². The third-order valence-electron chi connectivity index (χ3n) is 6.36. The maximum atomic E-state index is 13.5. The quantitative estimate of drug-likeness (QED) is 0.497. The summed E-state index contributed by atoms with van der Waals surface area (Å²) in [6.45, 7) is 2.27. The lowest BCUT2D eigenvalue weighted by Gasteiger charge is -2.43. The molecule has 1 aromatic heterocycles. The van der Waals surface area contributed by atoms with E-state index in [-0.39, 0.29) is 23.6 Å². The van der Waals surface area contributed by atoms with Crippen molar-refractivity contribution in [2.24, 2.45) is 0 Å². The molecule has 0 aliphatic carbocycles. The van der Waals surface area contributed by atoms with Crippen molar-refractivity contribution in [1.29, 1.82) is 0 Å². The first-order valence-corrected chi connectivity index (χ1v) is 10.0. The number of carbonyl (C=O) groups excluding carboxylic acids is 1. The van der Waals surface area contributed by atoms with Crippen molar-refractivity contribution in [3.8, 4) is 5.75 Å². The average molecular weight is 388 g/mol. The van der Waals surface area contributed by atoms with Crippen LogP contribution in [0.1, 0.15) is 42.1 Å². The van der Waals surface area contributed by atoms with Crippen LogP contribution in [0.5, 0.6) is 5.75 Å². The standard InChI is InChI=1S/C24H24N2O3/c1-14(27)22-18(16-8-4-6-10-21(16)29-2)13-20-23-17(11-12-26(20)24(22)28)15-7-3-5-9-19(15)25-23/h3-10,18,20,25,27H,11-13H2,1-2H3/b22-14-/t18-,20-/m0/s1. The number of H-pyrrole nitrogens is 1. The van der Waals surface area contributed by atoms with Gasteiger partial charge in [-0.2, -0.15) is 0 Å². The van der Waals surface area contributed by atoms with Crippen molar-refractivity contribution in [3.05, 3.63) is 76.7 Å². The van der Waals surface area contributed by atoms with E-state index in [4.69, 9.17) is 4.74 Å². The second kappa shape index (κ2) is 6.69. The molecular weight excluding hydrogens is 364 g/mol. The lowest BCUT2D eigenvalue weighted by atomic mass is 9.77. The van der Waals surface area contributed by atoms with E-state index in [0.29, 0.717) is 18.5 Å². The van der Waals surface area contributed by atoms with Gasteiger partial charge in [-0.3, -0.25) is 4.79 Å². The van der Waals surface area contributed by atoms with Crippen LogP contribution < -0.4 is 4.74 Å². The Balaban J connectivity index is 1.66. The van der Waals surface area contributed by atoms with Crippen LogP contribution in [-0.2, 0) is 11.2 Å². The Labute approximate surface area is 169 Å². The van der Waals surface area contributed by atoms with Gasteiger partial charge >= 0.3 is 0 Å². The highest BCUT2D eigenvalue weighted by Crippen LogP contribution is 2.48. The number of carbonyl (C=O) groups is 1. The molecule has 1 fully saturated rings. The molecule has 1 amide bonds. The van der Waals surface area contributed by atoms with Gasteiger partial charge in [-0.15, -0.1) is 0 Å². The number of aliphatic hydroxyl groups is 1. The summed E-state index contributed by atoms with van der Waals surface area (Å²) >= 11 is 0. The number of ether oxygens (including phenoxy) is 1. The van der Waals surface area contributed by atoms with Crippen LogP contribution in [0, 0.1) is 0 Å². The molecule has 0 spiro atoms. The zero-order chi connectivity index (χ0) is 20.1. The summed E-state index contributed by atoms with van der Waals surface area (Å²) < 4.78 is 5.58. The summed E-state index contributed by atoms with van der Waals surface area (Å²) in [4.78, 5) is 19.0. The normalized spacial score (nSPS) is 23.0. The number of allylic oxidation sites excluding steroid dienone is 1. The summed E-state index contributed by atoms with van der Waals surface area (Å²) in [5.41, 5.74) is 4.96. The first-order valence-electron chi connectivity index (χ1n) is 10.0. The predicted octanol–water partition coefficient (Wildman–Crippen LogP) is 4.62. The maximum absolute atomic E-state index is 13.5. The predicted molar refractivity (Wildman–Crippen MR) is 112 cm³/mol. The van der Waals surface area contributed by atoms with E-state index < -0.39 is 0 Å². The number of hydrogen-bond donors (Lipinski definition) is 2.